The van der Waals surface area contributed by atoms with E-state index >= 15 is 0 Å². The Morgan fingerprint density at radius 2 is 1.96 bits per heavy atom. The first-order valence-electron chi connectivity index (χ1n) is 7.97. The van der Waals surface area contributed by atoms with Crippen molar-refractivity contribution >= 4 is 27.5 Å². The van der Waals surface area contributed by atoms with Crippen LogP contribution in [0.1, 0.15) is 15.2 Å². The van der Waals surface area contributed by atoms with Crippen LogP contribution < -0.4 is 17.0 Å². The minimum absolute atomic E-state index is 0.00851. The lowest BCUT2D eigenvalue weighted by Gasteiger charge is -2.08. The van der Waals surface area contributed by atoms with Crippen LogP contribution in [0.4, 0.5) is 0 Å². The van der Waals surface area contributed by atoms with Gasteiger partial charge in [0.05, 0.1) is 11.9 Å². The number of carbonyl (C=O) groups is 1. The number of H-pyrrole nitrogens is 1. The predicted molar refractivity (Wildman–Crippen MR) is 99.9 cm³/mol. The number of carboxylic acid groups (broad SMARTS) is 1. The molecule has 142 valence electrons. The average Bonchev–Trinajstić information content (AvgIpc) is 3.31. The van der Waals surface area contributed by atoms with Crippen LogP contribution >= 0.6 is 11.3 Å². The Balaban J connectivity index is 1.75. The third-order valence-corrected chi connectivity index (χ3v) is 5.43. The number of aromatic nitrogens is 4. The Bertz CT molecular complexity index is 1390. The molecule has 0 bridgehead atoms. The predicted octanol–water partition coefficient (Wildman–Crippen LogP) is 0.851. The number of aryl methyl sites for hydroxylation is 1. The molecule has 0 fully saturated rings. The summed E-state index contributed by atoms with van der Waals surface area (Å²) in [7, 11) is 1.49. The van der Waals surface area contributed by atoms with Gasteiger partial charge in [-0.1, -0.05) is 29.4 Å². The summed E-state index contributed by atoms with van der Waals surface area (Å²) in [5, 5.41) is 12.9. The standard InChI is InChI=1S/C17H12N4O6S/c1-20-14-10(6-11(28-14)15(23)24)13(22)21(17(20)26)7-8-2-4-9(5-3-8)12-18-16(25)27-19-12/h2-6H,7H2,1H3,(H,23,24)(H,18,19,25). The summed E-state index contributed by atoms with van der Waals surface area (Å²) in [6.45, 7) is 0.00924. The van der Waals surface area contributed by atoms with Gasteiger partial charge in [-0.05, 0) is 11.6 Å². The summed E-state index contributed by atoms with van der Waals surface area (Å²) in [6, 6.07) is 8.00. The Hall–Kier alpha value is -3.73. The van der Waals surface area contributed by atoms with Crippen molar-refractivity contribution in [1.29, 1.82) is 0 Å². The second-order valence-electron chi connectivity index (χ2n) is 6.01. The topological polar surface area (TPSA) is 140 Å². The molecule has 3 heterocycles. The van der Waals surface area contributed by atoms with Crippen molar-refractivity contribution in [2.75, 3.05) is 0 Å². The Kier molecular flexibility index (Phi) is 4.08. The zero-order chi connectivity index (χ0) is 20.0. The van der Waals surface area contributed by atoms with E-state index in [9.17, 15) is 19.2 Å². The summed E-state index contributed by atoms with van der Waals surface area (Å²) in [5.41, 5.74) is 0.184. The van der Waals surface area contributed by atoms with Gasteiger partial charge >= 0.3 is 17.4 Å². The van der Waals surface area contributed by atoms with Gasteiger partial charge in [0.15, 0.2) is 5.82 Å². The Morgan fingerprint density at radius 1 is 1.25 bits per heavy atom. The van der Waals surface area contributed by atoms with E-state index in [1.807, 2.05) is 0 Å². The molecule has 0 aliphatic carbocycles. The van der Waals surface area contributed by atoms with E-state index in [-0.39, 0.29) is 22.6 Å². The van der Waals surface area contributed by atoms with Crippen LogP contribution in [-0.2, 0) is 13.6 Å². The molecule has 4 aromatic rings. The van der Waals surface area contributed by atoms with E-state index in [2.05, 4.69) is 14.7 Å². The fourth-order valence-corrected chi connectivity index (χ4v) is 3.78. The normalized spacial score (nSPS) is 11.2. The maximum Gasteiger partial charge on any atom is 0.439 e. The first-order chi connectivity index (χ1) is 13.3. The highest BCUT2D eigenvalue weighted by Gasteiger charge is 2.17. The number of carboxylic acids is 1. The summed E-state index contributed by atoms with van der Waals surface area (Å²) >= 11 is 0.882. The van der Waals surface area contributed by atoms with Crippen LogP contribution in [0.3, 0.4) is 0 Å². The van der Waals surface area contributed by atoms with Gasteiger partial charge in [-0.25, -0.2) is 14.4 Å². The van der Waals surface area contributed by atoms with Gasteiger partial charge in [-0.2, -0.15) is 0 Å². The van der Waals surface area contributed by atoms with E-state index in [0.717, 1.165) is 15.9 Å². The highest BCUT2D eigenvalue weighted by atomic mass is 32.1. The minimum Gasteiger partial charge on any atom is -0.477 e. The van der Waals surface area contributed by atoms with Gasteiger partial charge < -0.3 is 5.11 Å². The molecular formula is C17H12N4O6S. The molecule has 2 N–H and O–H groups in total. The van der Waals surface area contributed by atoms with Gasteiger partial charge in [0.1, 0.15) is 9.71 Å². The summed E-state index contributed by atoms with van der Waals surface area (Å²) in [6.07, 6.45) is 0. The molecule has 0 unspecified atom stereocenters. The van der Waals surface area contributed by atoms with Crippen LogP contribution in [0.25, 0.3) is 21.6 Å². The average molecular weight is 400 g/mol. The molecule has 1 aromatic carbocycles. The lowest BCUT2D eigenvalue weighted by Crippen LogP contribution is -2.38. The molecule has 4 rings (SSSR count). The minimum atomic E-state index is -1.15. The maximum atomic E-state index is 12.7. The Morgan fingerprint density at radius 3 is 2.57 bits per heavy atom. The van der Waals surface area contributed by atoms with Crippen LogP contribution in [0.5, 0.6) is 0 Å². The molecule has 10 nitrogen and oxygen atoms in total. The fraction of sp³-hybridized carbons (Fsp3) is 0.118. The van der Waals surface area contributed by atoms with Gasteiger partial charge in [0, 0.05) is 12.6 Å². The van der Waals surface area contributed by atoms with Gasteiger partial charge in [-0.3, -0.25) is 23.4 Å². The van der Waals surface area contributed by atoms with Gasteiger partial charge in [0.2, 0.25) is 0 Å². The van der Waals surface area contributed by atoms with Crippen molar-refractivity contribution < 1.29 is 14.4 Å². The van der Waals surface area contributed by atoms with Crippen molar-refractivity contribution in [3.8, 4) is 11.4 Å². The maximum absolute atomic E-state index is 12.7. The molecular weight excluding hydrogens is 388 g/mol. The van der Waals surface area contributed by atoms with Crippen molar-refractivity contribution in [3.05, 3.63) is 72.2 Å². The number of benzene rings is 1. The molecule has 0 saturated heterocycles. The SMILES string of the molecule is Cn1c(=O)n(Cc2ccc(-c3noc(=O)[nH]3)cc2)c(=O)c2cc(C(=O)O)sc21. The van der Waals surface area contributed by atoms with Gasteiger partial charge in [0.25, 0.3) is 5.56 Å². The number of rotatable bonds is 4. The number of nitrogens with zero attached hydrogens (tertiary/aromatic N) is 3. The second-order valence-corrected chi connectivity index (χ2v) is 7.04. The number of hydrogen-bond acceptors (Lipinski definition) is 7. The summed E-state index contributed by atoms with van der Waals surface area (Å²) < 4.78 is 6.77. The first kappa shape index (κ1) is 17.7. The monoisotopic (exact) mass is 400 g/mol. The zero-order valence-electron chi connectivity index (χ0n) is 14.3. The highest BCUT2D eigenvalue weighted by Crippen LogP contribution is 2.21. The zero-order valence-corrected chi connectivity index (χ0v) is 15.1. The van der Waals surface area contributed by atoms with Crippen molar-refractivity contribution in [2.45, 2.75) is 6.54 Å². The summed E-state index contributed by atoms with van der Waals surface area (Å²) in [4.78, 5) is 50.3. The molecule has 0 aliphatic rings. The second kappa shape index (κ2) is 6.46. The third kappa shape index (κ3) is 2.87. The lowest BCUT2D eigenvalue weighted by atomic mass is 10.1. The number of thiophene rings is 1. The fourth-order valence-electron chi connectivity index (χ4n) is 2.83. The van der Waals surface area contributed by atoms with E-state index in [1.165, 1.54) is 17.7 Å². The highest BCUT2D eigenvalue weighted by molar-refractivity contribution is 7.20. The van der Waals surface area contributed by atoms with Crippen LogP contribution in [0, 0.1) is 0 Å². The molecule has 0 spiro atoms. The van der Waals surface area contributed by atoms with E-state index in [4.69, 9.17) is 5.11 Å². The van der Waals surface area contributed by atoms with Crippen molar-refractivity contribution in [1.82, 2.24) is 19.3 Å². The molecule has 0 saturated carbocycles. The number of aromatic amines is 1. The molecule has 0 aliphatic heterocycles. The summed E-state index contributed by atoms with van der Waals surface area (Å²) in [5.74, 6) is -1.55. The first-order valence-corrected chi connectivity index (χ1v) is 8.79. The van der Waals surface area contributed by atoms with E-state index < -0.39 is 23.0 Å². The molecule has 11 heteroatoms. The van der Waals surface area contributed by atoms with E-state index in [0.29, 0.717) is 16.0 Å². The van der Waals surface area contributed by atoms with Crippen LogP contribution in [0.2, 0.25) is 0 Å². The quantitative estimate of drug-likeness (QED) is 0.517. The largest absolute Gasteiger partial charge is 0.477 e. The number of fused-ring (bicyclic) bond motifs is 1. The molecule has 0 atom stereocenters. The van der Waals surface area contributed by atoms with Gasteiger partial charge in [-0.15, -0.1) is 11.3 Å². The molecule has 3 aromatic heterocycles. The number of aromatic carboxylic acids is 1. The third-order valence-electron chi connectivity index (χ3n) is 4.23. The van der Waals surface area contributed by atoms with Crippen molar-refractivity contribution in [2.24, 2.45) is 7.05 Å². The number of hydrogen-bond donors (Lipinski definition) is 2. The number of nitrogens with one attached hydrogen (secondary N) is 1. The van der Waals surface area contributed by atoms with Crippen LogP contribution in [0.15, 0.2) is 49.2 Å². The Labute approximate surface area is 158 Å². The van der Waals surface area contributed by atoms with Crippen LogP contribution in [-0.4, -0.2) is 30.4 Å². The molecule has 0 radical (unpaired) electrons. The molecule has 28 heavy (non-hydrogen) atoms. The smallest absolute Gasteiger partial charge is 0.439 e. The van der Waals surface area contributed by atoms with E-state index in [1.54, 1.807) is 24.3 Å². The lowest BCUT2D eigenvalue weighted by molar-refractivity contribution is 0.0702. The van der Waals surface area contributed by atoms with Crippen molar-refractivity contribution in [3.63, 3.8) is 0 Å². The molecule has 0 amide bonds.